The molecule has 0 radical (unpaired) electrons. The summed E-state index contributed by atoms with van der Waals surface area (Å²) in [5.74, 6) is 1.36. The van der Waals surface area contributed by atoms with E-state index >= 15 is 0 Å². The van der Waals surface area contributed by atoms with E-state index in [9.17, 15) is 0 Å². The van der Waals surface area contributed by atoms with Crippen molar-refractivity contribution in [1.29, 1.82) is 0 Å². The molecular weight excluding hydrogens is 182 g/mol. The van der Waals surface area contributed by atoms with Gasteiger partial charge in [-0.2, -0.15) is 0 Å². The van der Waals surface area contributed by atoms with Gasteiger partial charge >= 0.3 is 0 Å². The minimum atomic E-state index is 0.267. The van der Waals surface area contributed by atoms with Gasteiger partial charge in [0.2, 0.25) is 0 Å². The van der Waals surface area contributed by atoms with Gasteiger partial charge in [-0.25, -0.2) is 4.98 Å². The van der Waals surface area contributed by atoms with E-state index in [1.807, 2.05) is 11.8 Å². The van der Waals surface area contributed by atoms with E-state index in [4.69, 9.17) is 5.73 Å². The maximum Gasteiger partial charge on any atom is 0.141 e. The van der Waals surface area contributed by atoms with Crippen molar-refractivity contribution in [3.63, 3.8) is 0 Å². The summed E-state index contributed by atoms with van der Waals surface area (Å²) in [4.78, 5) is 8.15. The summed E-state index contributed by atoms with van der Waals surface area (Å²) in [5, 5.41) is 0. The first-order valence-corrected chi connectivity index (χ1v) is 5.16. The molecule has 4 heteroatoms. The van der Waals surface area contributed by atoms with E-state index < -0.39 is 0 Å². The molecule has 0 bridgehead atoms. The lowest BCUT2D eigenvalue weighted by Crippen LogP contribution is -2.08. The summed E-state index contributed by atoms with van der Waals surface area (Å²) in [6, 6.07) is 0. The highest BCUT2D eigenvalue weighted by molar-refractivity contribution is 7.99. The van der Waals surface area contributed by atoms with Gasteiger partial charge in [0.15, 0.2) is 0 Å². The van der Waals surface area contributed by atoms with E-state index in [-0.39, 0.29) is 4.75 Å². The van der Waals surface area contributed by atoms with Crippen molar-refractivity contribution in [3.05, 3.63) is 18.1 Å². The van der Waals surface area contributed by atoms with Crippen molar-refractivity contribution >= 4 is 17.6 Å². The van der Waals surface area contributed by atoms with Crippen LogP contribution in [0.2, 0.25) is 0 Å². The summed E-state index contributed by atoms with van der Waals surface area (Å²) in [5.41, 5.74) is 6.41. The Morgan fingerprint density at radius 1 is 1.31 bits per heavy atom. The fourth-order valence-electron chi connectivity index (χ4n) is 0.730. The highest BCUT2D eigenvalue weighted by Gasteiger charge is 2.10. The predicted octanol–water partition coefficient (Wildman–Crippen LogP) is 2.09. The van der Waals surface area contributed by atoms with Gasteiger partial charge in [0, 0.05) is 10.5 Å². The van der Waals surface area contributed by atoms with Crippen molar-refractivity contribution in [1.82, 2.24) is 9.97 Å². The monoisotopic (exact) mass is 197 g/mol. The molecule has 1 heterocycles. The molecule has 0 aromatic carbocycles. The molecular formula is C9H15N3S. The molecule has 1 aromatic rings. The smallest absolute Gasteiger partial charge is 0.141 e. The Balaban J connectivity index is 2.51. The van der Waals surface area contributed by atoms with Gasteiger partial charge in [0.1, 0.15) is 5.82 Å². The predicted molar refractivity (Wildman–Crippen MR) is 57.5 cm³/mol. The topological polar surface area (TPSA) is 51.8 Å². The maximum atomic E-state index is 5.43. The van der Waals surface area contributed by atoms with Crippen LogP contribution in [0.5, 0.6) is 0 Å². The number of hydrogen-bond acceptors (Lipinski definition) is 4. The molecule has 1 rings (SSSR count). The minimum absolute atomic E-state index is 0.267. The molecule has 1 aromatic heterocycles. The van der Waals surface area contributed by atoms with Gasteiger partial charge in [-0.15, -0.1) is 11.8 Å². The first-order valence-electron chi connectivity index (χ1n) is 4.18. The molecule has 2 N–H and O–H groups in total. The lowest BCUT2D eigenvalue weighted by atomic mass is 10.3. The number of hydrogen-bond donors (Lipinski definition) is 1. The summed E-state index contributed by atoms with van der Waals surface area (Å²) in [6.45, 7) is 6.55. The molecule has 0 atom stereocenters. The Kier molecular flexibility index (Phi) is 3.14. The van der Waals surface area contributed by atoms with E-state index in [1.54, 1.807) is 12.4 Å². The van der Waals surface area contributed by atoms with Crippen LogP contribution in [0.3, 0.4) is 0 Å². The Bertz CT molecular complexity index is 263. The van der Waals surface area contributed by atoms with E-state index in [1.165, 1.54) is 0 Å². The standard InChI is InChI=1S/C9H15N3S/c1-9(2,3)13-6-7-4-12-8(10)5-11-7/h4-5H,6H2,1-3H3,(H2,10,12). The largest absolute Gasteiger partial charge is 0.382 e. The van der Waals surface area contributed by atoms with Crippen LogP contribution >= 0.6 is 11.8 Å². The second-order valence-electron chi connectivity index (χ2n) is 3.83. The first kappa shape index (κ1) is 10.3. The first-order chi connectivity index (χ1) is 5.97. The molecule has 0 aliphatic rings. The van der Waals surface area contributed by atoms with Crippen LogP contribution in [0.4, 0.5) is 5.82 Å². The Morgan fingerprint density at radius 2 is 2.00 bits per heavy atom. The van der Waals surface area contributed by atoms with Gasteiger partial charge in [-0.05, 0) is 0 Å². The SMILES string of the molecule is CC(C)(C)SCc1cnc(N)cn1. The molecule has 72 valence electrons. The third-order valence-electron chi connectivity index (χ3n) is 1.38. The summed E-state index contributed by atoms with van der Waals surface area (Å²) in [7, 11) is 0. The van der Waals surface area contributed by atoms with Gasteiger partial charge in [-0.1, -0.05) is 20.8 Å². The number of nitrogen functional groups attached to an aromatic ring is 1. The van der Waals surface area contributed by atoms with Crippen LogP contribution in [-0.4, -0.2) is 14.7 Å². The molecule has 0 unspecified atom stereocenters. The number of rotatable bonds is 2. The molecule has 0 spiro atoms. The number of anilines is 1. The van der Waals surface area contributed by atoms with Gasteiger partial charge < -0.3 is 5.73 Å². The zero-order valence-corrected chi connectivity index (χ0v) is 9.06. The maximum absolute atomic E-state index is 5.43. The second kappa shape index (κ2) is 3.96. The van der Waals surface area contributed by atoms with Crippen LogP contribution < -0.4 is 5.73 Å². The zero-order chi connectivity index (χ0) is 9.90. The van der Waals surface area contributed by atoms with Crippen molar-refractivity contribution in [2.45, 2.75) is 31.3 Å². The highest BCUT2D eigenvalue weighted by Crippen LogP contribution is 2.26. The van der Waals surface area contributed by atoms with Crippen LogP contribution in [0, 0.1) is 0 Å². The summed E-state index contributed by atoms with van der Waals surface area (Å²) < 4.78 is 0.267. The Labute approximate surface area is 83.2 Å². The Morgan fingerprint density at radius 3 is 2.46 bits per heavy atom. The van der Waals surface area contributed by atoms with Gasteiger partial charge in [0.05, 0.1) is 18.1 Å². The van der Waals surface area contributed by atoms with Crippen LogP contribution in [0.15, 0.2) is 12.4 Å². The van der Waals surface area contributed by atoms with Crippen molar-refractivity contribution < 1.29 is 0 Å². The summed E-state index contributed by atoms with van der Waals surface area (Å²) >= 11 is 1.85. The Hall–Kier alpha value is -0.770. The quantitative estimate of drug-likeness (QED) is 0.788. The molecule has 0 saturated carbocycles. The molecule has 0 saturated heterocycles. The molecule has 0 aliphatic heterocycles. The third kappa shape index (κ3) is 4.12. The third-order valence-corrected chi connectivity index (χ3v) is 2.68. The lowest BCUT2D eigenvalue weighted by Gasteiger charge is -2.16. The average Bonchev–Trinajstić information content (AvgIpc) is 2.02. The van der Waals surface area contributed by atoms with Gasteiger partial charge in [-0.3, -0.25) is 4.98 Å². The molecule has 0 amide bonds. The van der Waals surface area contributed by atoms with E-state index in [0.717, 1.165) is 11.4 Å². The van der Waals surface area contributed by atoms with E-state index in [2.05, 4.69) is 30.7 Å². The molecule has 3 nitrogen and oxygen atoms in total. The molecule has 13 heavy (non-hydrogen) atoms. The second-order valence-corrected chi connectivity index (χ2v) is 5.64. The number of aromatic nitrogens is 2. The zero-order valence-electron chi connectivity index (χ0n) is 8.24. The minimum Gasteiger partial charge on any atom is -0.382 e. The van der Waals surface area contributed by atoms with Crippen molar-refractivity contribution in [2.24, 2.45) is 0 Å². The normalized spacial score (nSPS) is 11.6. The summed E-state index contributed by atoms with van der Waals surface area (Å²) in [6.07, 6.45) is 3.33. The number of nitrogens with two attached hydrogens (primary N) is 1. The number of nitrogens with zero attached hydrogens (tertiary/aromatic N) is 2. The fourth-order valence-corrected chi connectivity index (χ4v) is 1.46. The molecule has 0 fully saturated rings. The lowest BCUT2D eigenvalue weighted by molar-refractivity contribution is 0.801. The van der Waals surface area contributed by atoms with Crippen LogP contribution in [-0.2, 0) is 5.75 Å². The van der Waals surface area contributed by atoms with Crippen LogP contribution in [0.1, 0.15) is 26.5 Å². The fraction of sp³-hybridized carbons (Fsp3) is 0.556. The average molecular weight is 197 g/mol. The molecule has 0 aliphatic carbocycles. The van der Waals surface area contributed by atoms with Crippen molar-refractivity contribution in [3.8, 4) is 0 Å². The highest BCUT2D eigenvalue weighted by atomic mass is 32.2. The van der Waals surface area contributed by atoms with E-state index in [0.29, 0.717) is 5.82 Å². The van der Waals surface area contributed by atoms with Crippen LogP contribution in [0.25, 0.3) is 0 Å². The number of thioether (sulfide) groups is 1. The van der Waals surface area contributed by atoms with Gasteiger partial charge in [0.25, 0.3) is 0 Å². The van der Waals surface area contributed by atoms with Crippen molar-refractivity contribution in [2.75, 3.05) is 5.73 Å².